The van der Waals surface area contributed by atoms with Crippen molar-refractivity contribution in [3.8, 4) is 0 Å². The molecule has 3 heterocycles. The molecule has 0 atom stereocenters. The van der Waals surface area contributed by atoms with Gasteiger partial charge in [0.1, 0.15) is 5.54 Å². The number of aromatic nitrogens is 1. The van der Waals surface area contributed by atoms with Crippen LogP contribution < -0.4 is 15.1 Å². The van der Waals surface area contributed by atoms with E-state index in [1.54, 1.807) is 31.1 Å². The van der Waals surface area contributed by atoms with E-state index in [2.05, 4.69) is 24.1 Å². The van der Waals surface area contributed by atoms with Crippen molar-refractivity contribution in [1.82, 2.24) is 15.2 Å². The molecule has 2 aromatic rings. The van der Waals surface area contributed by atoms with Crippen LogP contribution in [0.5, 0.6) is 0 Å². The molecule has 5 rings (SSSR count). The first-order valence-corrected chi connectivity index (χ1v) is 13.3. The van der Waals surface area contributed by atoms with Crippen molar-refractivity contribution in [2.24, 2.45) is 0 Å². The first-order chi connectivity index (χ1) is 17.6. The number of nitrogens with one attached hydrogen (secondary N) is 1. The fourth-order valence-corrected chi connectivity index (χ4v) is 5.88. The van der Waals surface area contributed by atoms with Gasteiger partial charge in [0.05, 0.1) is 12.2 Å². The first-order valence-electron chi connectivity index (χ1n) is 13.3. The lowest BCUT2D eigenvalue weighted by molar-refractivity contribution is -0.123. The lowest BCUT2D eigenvalue weighted by Crippen LogP contribution is -2.43. The molecule has 2 aliphatic heterocycles. The molecule has 1 aromatic carbocycles. The van der Waals surface area contributed by atoms with Gasteiger partial charge >= 0.3 is 6.03 Å². The number of carbonyl (C=O) groups excluding carboxylic acids is 3. The number of pyridine rings is 1. The van der Waals surface area contributed by atoms with Gasteiger partial charge in [0.2, 0.25) is 5.91 Å². The highest BCUT2D eigenvalue weighted by atomic mass is 16.2. The van der Waals surface area contributed by atoms with E-state index in [9.17, 15) is 14.4 Å². The third-order valence-electron chi connectivity index (χ3n) is 8.17. The summed E-state index contributed by atoms with van der Waals surface area (Å²) in [7, 11) is 0. The number of imide groups is 1. The maximum atomic E-state index is 13.6. The maximum absolute atomic E-state index is 13.6. The Hall–Kier alpha value is -3.26. The van der Waals surface area contributed by atoms with Crippen molar-refractivity contribution in [2.75, 3.05) is 22.9 Å². The van der Waals surface area contributed by atoms with Crippen molar-refractivity contribution >= 4 is 29.2 Å². The van der Waals surface area contributed by atoms with Crippen LogP contribution in [0.25, 0.3) is 0 Å². The normalized spacial score (nSPS) is 21.0. The molecule has 0 spiro atoms. The molecule has 1 aromatic heterocycles. The molecule has 1 N–H and O–H groups in total. The van der Waals surface area contributed by atoms with Gasteiger partial charge < -0.3 is 15.1 Å². The average Bonchev–Trinajstić information content (AvgIpc) is 3.25. The number of benzene rings is 1. The van der Waals surface area contributed by atoms with Crippen LogP contribution in [0.4, 0.5) is 16.2 Å². The Balaban J connectivity index is 1.40. The second-order valence-corrected chi connectivity index (χ2v) is 11.7. The summed E-state index contributed by atoms with van der Waals surface area (Å²) >= 11 is 0. The van der Waals surface area contributed by atoms with Gasteiger partial charge in [-0.1, -0.05) is 39.2 Å². The number of carbonyl (C=O) groups is 3. The topological polar surface area (TPSA) is 85.8 Å². The van der Waals surface area contributed by atoms with Gasteiger partial charge in [-0.05, 0) is 62.1 Å². The zero-order valence-electron chi connectivity index (χ0n) is 22.3. The largest absolute Gasteiger partial charge is 0.332 e. The number of nitrogens with zero attached hydrogens (tertiary/aromatic N) is 4. The molecule has 37 heavy (non-hydrogen) atoms. The smallest absolute Gasteiger partial charge is 0.310 e. The van der Waals surface area contributed by atoms with Gasteiger partial charge in [0.25, 0.3) is 5.91 Å². The van der Waals surface area contributed by atoms with Crippen molar-refractivity contribution in [1.29, 1.82) is 0 Å². The average molecular weight is 504 g/mol. The van der Waals surface area contributed by atoms with Crippen LogP contribution in [0.15, 0.2) is 42.7 Å². The molecule has 1 saturated heterocycles. The maximum Gasteiger partial charge on any atom is 0.332 e. The minimum atomic E-state index is -1.00. The van der Waals surface area contributed by atoms with E-state index in [-0.39, 0.29) is 23.3 Å². The van der Waals surface area contributed by atoms with E-state index in [1.165, 1.54) is 24.2 Å². The fourth-order valence-electron chi connectivity index (χ4n) is 5.88. The number of hydrogen-bond donors (Lipinski definition) is 1. The second kappa shape index (κ2) is 9.56. The third-order valence-corrected chi connectivity index (χ3v) is 8.17. The fraction of sp³-hybridized carbons (Fsp3) is 0.517. The van der Waals surface area contributed by atoms with Crippen molar-refractivity contribution in [3.05, 3.63) is 53.9 Å². The summed E-state index contributed by atoms with van der Waals surface area (Å²) in [4.78, 5) is 49.2. The van der Waals surface area contributed by atoms with Crippen LogP contribution in [0.2, 0.25) is 0 Å². The van der Waals surface area contributed by atoms with Gasteiger partial charge in [-0.15, -0.1) is 0 Å². The van der Waals surface area contributed by atoms with Gasteiger partial charge in [0, 0.05) is 42.6 Å². The predicted molar refractivity (Wildman–Crippen MR) is 143 cm³/mol. The van der Waals surface area contributed by atoms with Crippen LogP contribution >= 0.6 is 0 Å². The number of rotatable bonds is 6. The van der Waals surface area contributed by atoms with Crippen LogP contribution in [-0.2, 0) is 21.5 Å². The highest BCUT2D eigenvalue weighted by Crippen LogP contribution is 2.44. The van der Waals surface area contributed by atoms with Crippen LogP contribution in [0.3, 0.4) is 0 Å². The zero-order valence-corrected chi connectivity index (χ0v) is 22.3. The molecule has 8 nitrogen and oxygen atoms in total. The molecule has 8 heteroatoms. The standard InChI is InChI=1S/C29H37N5O3/c1-28(2)19-32(25(35)17-31-21-8-6-5-7-9-21)24-16-22(10-11-23(24)28)34-26(36)29(3,4)33(27(34)37)18-20-12-14-30-15-13-20/h10-16,21,31H,5-9,17-19H2,1-4H3. The lowest BCUT2D eigenvalue weighted by atomic mass is 9.87. The second-order valence-electron chi connectivity index (χ2n) is 11.7. The summed E-state index contributed by atoms with van der Waals surface area (Å²) in [5.74, 6) is -0.256. The molecular weight excluding hydrogens is 466 g/mol. The molecule has 4 amide bonds. The molecule has 196 valence electrons. The molecule has 0 unspecified atom stereocenters. The SMILES string of the molecule is CC1(C)CN(C(=O)CNC2CCCCC2)c2cc(N3C(=O)N(Cc4ccncc4)C(C)(C)C3=O)ccc21. The predicted octanol–water partition coefficient (Wildman–Crippen LogP) is 4.38. The van der Waals surface area contributed by atoms with E-state index < -0.39 is 5.54 Å². The van der Waals surface area contributed by atoms with Crippen molar-refractivity contribution in [3.63, 3.8) is 0 Å². The lowest BCUT2D eigenvalue weighted by Gasteiger charge is -2.27. The molecule has 3 aliphatic rings. The Kier molecular flexibility index (Phi) is 6.56. The molecule has 2 fully saturated rings. The Labute approximate surface area is 219 Å². The van der Waals surface area contributed by atoms with Gasteiger partial charge in [-0.3, -0.25) is 14.6 Å². The minimum Gasteiger partial charge on any atom is -0.310 e. The molecule has 0 radical (unpaired) electrons. The molecule has 1 saturated carbocycles. The number of urea groups is 1. The minimum absolute atomic E-state index is 0.0215. The Morgan fingerprint density at radius 2 is 1.73 bits per heavy atom. The van der Waals surface area contributed by atoms with E-state index >= 15 is 0 Å². The molecule has 0 bridgehead atoms. The number of hydrogen-bond acceptors (Lipinski definition) is 5. The summed E-state index contributed by atoms with van der Waals surface area (Å²) in [6.45, 7) is 8.97. The van der Waals surface area contributed by atoms with Crippen LogP contribution in [-0.4, -0.2) is 52.4 Å². The Bertz CT molecular complexity index is 1200. The van der Waals surface area contributed by atoms with Gasteiger partial charge in [-0.25, -0.2) is 9.69 Å². The van der Waals surface area contributed by atoms with Gasteiger partial charge in [0.15, 0.2) is 0 Å². The Morgan fingerprint density at radius 3 is 2.43 bits per heavy atom. The molecular formula is C29H37N5O3. The van der Waals surface area contributed by atoms with Crippen LogP contribution in [0, 0.1) is 0 Å². The van der Waals surface area contributed by atoms with Crippen molar-refractivity contribution in [2.45, 2.75) is 83.3 Å². The summed E-state index contributed by atoms with van der Waals surface area (Å²) in [6, 6.07) is 9.36. The van der Waals surface area contributed by atoms with Crippen LogP contribution in [0.1, 0.15) is 70.9 Å². The highest BCUT2D eigenvalue weighted by Gasteiger charge is 2.52. The van der Waals surface area contributed by atoms with E-state index in [4.69, 9.17) is 0 Å². The van der Waals surface area contributed by atoms with E-state index in [1.807, 2.05) is 35.2 Å². The van der Waals surface area contributed by atoms with E-state index in [0.29, 0.717) is 31.4 Å². The monoisotopic (exact) mass is 503 g/mol. The number of fused-ring (bicyclic) bond motifs is 1. The molecule has 1 aliphatic carbocycles. The van der Waals surface area contributed by atoms with Crippen molar-refractivity contribution < 1.29 is 14.4 Å². The quantitative estimate of drug-likeness (QED) is 0.592. The summed E-state index contributed by atoms with van der Waals surface area (Å²) in [5, 5.41) is 3.46. The third kappa shape index (κ3) is 4.63. The summed E-state index contributed by atoms with van der Waals surface area (Å²) in [6.07, 6.45) is 9.28. The Morgan fingerprint density at radius 1 is 1.03 bits per heavy atom. The first kappa shape index (κ1) is 25.4. The van der Waals surface area contributed by atoms with Gasteiger partial charge in [-0.2, -0.15) is 0 Å². The summed E-state index contributed by atoms with van der Waals surface area (Å²) in [5.41, 5.74) is 2.01. The zero-order chi connectivity index (χ0) is 26.4. The van der Waals surface area contributed by atoms with E-state index in [0.717, 1.165) is 29.7 Å². The summed E-state index contributed by atoms with van der Waals surface area (Å²) < 4.78 is 0. The number of amides is 4. The number of anilines is 2. The highest BCUT2D eigenvalue weighted by molar-refractivity contribution is 6.23.